The number of nitrogens with one attached hydrogen (secondary N) is 1. The average Bonchev–Trinajstić information content (AvgIpc) is 3.29. The van der Waals surface area contributed by atoms with Gasteiger partial charge in [0.05, 0.1) is 31.3 Å². The van der Waals surface area contributed by atoms with E-state index >= 15 is 0 Å². The first-order valence-corrected chi connectivity index (χ1v) is 28.0. The first-order valence-electron chi connectivity index (χ1n) is 26.5. The first-order chi connectivity index (χ1) is 31.8. The van der Waals surface area contributed by atoms with Crippen LogP contribution < -0.4 is 5.32 Å². The Hall–Kier alpha value is -1.48. The zero-order valence-electron chi connectivity index (χ0n) is 41.4. The molecule has 0 saturated heterocycles. The smallest absolute Gasteiger partial charge is 0.393 e. The number of rotatable bonds is 44. The van der Waals surface area contributed by atoms with Gasteiger partial charge in [-0.15, -0.1) is 0 Å². The van der Waals surface area contributed by atoms with E-state index in [1.165, 1.54) is 141 Å². The summed E-state index contributed by atoms with van der Waals surface area (Å²) in [6, 6.07) is -1.24. The maximum Gasteiger partial charge on any atom is 0.472 e. The number of allylic oxidation sites excluding steroid dienone is 5. The molecule has 14 heteroatoms. The summed E-state index contributed by atoms with van der Waals surface area (Å²) >= 11 is 0. The summed E-state index contributed by atoms with van der Waals surface area (Å²) in [5, 5.41) is 74.7. The molecule has 388 valence electrons. The minimum atomic E-state index is -5.15. The zero-order chi connectivity index (χ0) is 48.7. The molecule has 0 aromatic rings. The van der Waals surface area contributed by atoms with Crippen LogP contribution in [0.1, 0.15) is 226 Å². The average molecular weight is 960 g/mol. The number of hydrogen-bond donors (Lipinski definition) is 9. The van der Waals surface area contributed by atoms with Crippen LogP contribution in [0.2, 0.25) is 0 Å². The van der Waals surface area contributed by atoms with Gasteiger partial charge in [-0.3, -0.25) is 13.8 Å². The van der Waals surface area contributed by atoms with Crippen molar-refractivity contribution in [3.05, 3.63) is 36.5 Å². The van der Waals surface area contributed by atoms with Crippen molar-refractivity contribution in [1.82, 2.24) is 5.32 Å². The SMILES string of the molecule is CCCCC/C=C\C=C/CCCCCCCCCCC(O)CC(=O)NC(COP(=O)(O)OC1C(O)C(O)C(O)C(O)C1O)C(O)/C=C/CCCCCCCCCCCCCCCCCCC. The molecule has 13 nitrogen and oxygen atoms in total. The fraction of sp³-hybridized carbons (Fsp3) is 0.865. The van der Waals surface area contributed by atoms with Gasteiger partial charge in [0.2, 0.25) is 5.91 Å². The van der Waals surface area contributed by atoms with Crippen molar-refractivity contribution in [2.45, 2.75) is 281 Å². The number of phosphoric acid groups is 1. The highest BCUT2D eigenvalue weighted by molar-refractivity contribution is 7.47. The van der Waals surface area contributed by atoms with E-state index in [1.807, 2.05) is 0 Å². The van der Waals surface area contributed by atoms with Crippen molar-refractivity contribution < 1.29 is 59.0 Å². The predicted octanol–water partition coefficient (Wildman–Crippen LogP) is 10.1. The van der Waals surface area contributed by atoms with Crippen molar-refractivity contribution in [1.29, 1.82) is 0 Å². The molecule has 0 spiro atoms. The Labute approximate surface area is 400 Å². The quantitative estimate of drug-likeness (QED) is 0.0120. The van der Waals surface area contributed by atoms with Gasteiger partial charge < -0.3 is 46.0 Å². The van der Waals surface area contributed by atoms with E-state index in [0.29, 0.717) is 12.8 Å². The molecule has 1 rings (SSSR count). The maximum atomic E-state index is 13.1. The molecule has 66 heavy (non-hydrogen) atoms. The van der Waals surface area contributed by atoms with Gasteiger partial charge in [-0.05, 0) is 44.9 Å². The number of aliphatic hydroxyl groups is 7. The standard InChI is InChI=1S/C52H98NO12P/c1-3-5-7-9-11-13-15-17-19-21-22-24-26-28-30-32-34-36-38-40-45(55)44(42-64-66(62,63)65-52-50(60)48(58)47(57)49(59)51(52)61)53-46(56)41-43(54)39-37-35-33-31-29-27-25-23-20-18-16-14-12-10-8-6-4-2/h12,14,16,18,38,40,43-45,47-52,54-55,57-61H,3-11,13,15,17,19-37,39,41-42H2,1-2H3,(H,53,56)(H,62,63)/b14-12-,18-16-,40-38+. The van der Waals surface area contributed by atoms with E-state index in [0.717, 1.165) is 57.8 Å². The molecule has 0 aliphatic heterocycles. The summed E-state index contributed by atoms with van der Waals surface area (Å²) in [6.45, 7) is 3.74. The lowest BCUT2D eigenvalue weighted by molar-refractivity contribution is -0.220. The Morgan fingerprint density at radius 2 is 0.909 bits per heavy atom. The minimum Gasteiger partial charge on any atom is -0.393 e. The Bertz CT molecular complexity index is 1270. The molecule has 0 radical (unpaired) electrons. The third kappa shape index (κ3) is 32.4. The third-order valence-electron chi connectivity index (χ3n) is 12.7. The van der Waals surface area contributed by atoms with E-state index in [1.54, 1.807) is 6.08 Å². The number of carbonyl (C=O) groups is 1. The number of hydrogen-bond acceptors (Lipinski definition) is 11. The monoisotopic (exact) mass is 960 g/mol. The second-order valence-electron chi connectivity index (χ2n) is 18.9. The van der Waals surface area contributed by atoms with Crippen molar-refractivity contribution in [3.63, 3.8) is 0 Å². The molecule has 8 unspecified atom stereocenters. The largest absolute Gasteiger partial charge is 0.472 e. The van der Waals surface area contributed by atoms with Crippen LogP contribution in [0.5, 0.6) is 0 Å². The van der Waals surface area contributed by atoms with E-state index in [9.17, 15) is 50.0 Å². The van der Waals surface area contributed by atoms with Crippen LogP contribution in [-0.2, 0) is 18.4 Å². The van der Waals surface area contributed by atoms with Gasteiger partial charge in [0.15, 0.2) is 0 Å². The van der Waals surface area contributed by atoms with Crippen LogP contribution in [0.25, 0.3) is 0 Å². The lowest BCUT2D eigenvalue weighted by atomic mass is 9.85. The first kappa shape index (κ1) is 62.5. The molecule has 8 atom stereocenters. The van der Waals surface area contributed by atoms with Crippen molar-refractivity contribution in [2.75, 3.05) is 6.61 Å². The molecule has 1 fully saturated rings. The summed E-state index contributed by atoms with van der Waals surface area (Å²) in [5.41, 5.74) is 0. The van der Waals surface area contributed by atoms with E-state index < -0.39 is 75.2 Å². The molecule has 1 aliphatic carbocycles. The summed E-state index contributed by atoms with van der Waals surface area (Å²) in [6.07, 6.45) is 35.0. The lowest BCUT2D eigenvalue weighted by Gasteiger charge is -2.41. The van der Waals surface area contributed by atoms with Crippen LogP contribution in [0.15, 0.2) is 36.5 Å². The minimum absolute atomic E-state index is 0.249. The molecule has 0 aromatic carbocycles. The molecule has 0 bridgehead atoms. The third-order valence-corrected chi connectivity index (χ3v) is 13.7. The van der Waals surface area contributed by atoms with E-state index in [-0.39, 0.29) is 6.42 Å². The summed E-state index contributed by atoms with van der Waals surface area (Å²) in [7, 11) is -5.15. The van der Waals surface area contributed by atoms with E-state index in [4.69, 9.17) is 9.05 Å². The van der Waals surface area contributed by atoms with Crippen LogP contribution in [0.3, 0.4) is 0 Å². The lowest BCUT2D eigenvalue weighted by Crippen LogP contribution is -2.64. The molecule has 1 aliphatic rings. The molecule has 9 N–H and O–H groups in total. The van der Waals surface area contributed by atoms with Gasteiger partial charge in [0.25, 0.3) is 0 Å². The topological polar surface area (TPSA) is 226 Å². The Kier molecular flexibility index (Phi) is 39.1. The van der Waals surface area contributed by atoms with Gasteiger partial charge in [0, 0.05) is 0 Å². The van der Waals surface area contributed by atoms with Crippen molar-refractivity contribution >= 4 is 13.7 Å². The van der Waals surface area contributed by atoms with Crippen LogP contribution in [0, 0.1) is 0 Å². The van der Waals surface area contributed by atoms with Gasteiger partial charge in [-0.25, -0.2) is 4.57 Å². The highest BCUT2D eigenvalue weighted by Gasteiger charge is 2.51. The molecular weight excluding hydrogens is 862 g/mol. The van der Waals surface area contributed by atoms with Crippen LogP contribution in [0.4, 0.5) is 0 Å². The number of carbonyl (C=O) groups excluding carboxylic acids is 1. The second-order valence-corrected chi connectivity index (χ2v) is 20.3. The Morgan fingerprint density at radius 1 is 0.545 bits per heavy atom. The van der Waals surface area contributed by atoms with Crippen molar-refractivity contribution in [3.8, 4) is 0 Å². The molecular formula is C52H98NO12P. The van der Waals surface area contributed by atoms with Gasteiger partial charge in [-0.1, -0.05) is 211 Å². The number of unbranched alkanes of at least 4 members (excludes halogenated alkanes) is 28. The van der Waals surface area contributed by atoms with Gasteiger partial charge >= 0.3 is 7.82 Å². The van der Waals surface area contributed by atoms with Gasteiger partial charge in [-0.2, -0.15) is 0 Å². The maximum absolute atomic E-state index is 13.1. The molecule has 1 saturated carbocycles. The number of amides is 1. The molecule has 0 heterocycles. The summed E-state index contributed by atoms with van der Waals surface area (Å²) in [4.78, 5) is 23.5. The second kappa shape index (κ2) is 41.3. The molecule has 1 amide bonds. The highest BCUT2D eigenvalue weighted by Crippen LogP contribution is 2.47. The van der Waals surface area contributed by atoms with Crippen LogP contribution >= 0.6 is 7.82 Å². The van der Waals surface area contributed by atoms with Gasteiger partial charge in [0.1, 0.15) is 36.6 Å². The van der Waals surface area contributed by atoms with Crippen molar-refractivity contribution in [2.24, 2.45) is 0 Å². The normalized spacial score (nSPS) is 22.6. The Balaban J connectivity index is 2.48. The fourth-order valence-electron chi connectivity index (χ4n) is 8.41. The predicted molar refractivity (Wildman–Crippen MR) is 266 cm³/mol. The zero-order valence-corrected chi connectivity index (χ0v) is 42.3. The molecule has 0 aromatic heterocycles. The fourth-order valence-corrected chi connectivity index (χ4v) is 9.38. The highest BCUT2D eigenvalue weighted by atomic mass is 31.2. The summed E-state index contributed by atoms with van der Waals surface area (Å²) in [5.74, 6) is -0.596. The Morgan fingerprint density at radius 3 is 1.36 bits per heavy atom. The van der Waals surface area contributed by atoms with Crippen LogP contribution in [-0.4, -0.2) is 108 Å². The summed E-state index contributed by atoms with van der Waals surface area (Å²) < 4.78 is 23.0. The van der Waals surface area contributed by atoms with E-state index in [2.05, 4.69) is 43.5 Å². The number of aliphatic hydroxyl groups excluding tert-OH is 7. The number of phosphoric ester groups is 1.